The van der Waals surface area contributed by atoms with Crippen LogP contribution >= 0.6 is 0 Å². The van der Waals surface area contributed by atoms with Crippen LogP contribution in [-0.2, 0) is 4.43 Å². The van der Waals surface area contributed by atoms with E-state index in [-0.39, 0.29) is 6.10 Å². The molecular weight excluding hydrogens is 348 g/mol. The highest BCUT2D eigenvalue weighted by molar-refractivity contribution is 6.86. The summed E-state index contributed by atoms with van der Waals surface area (Å²) in [6, 6.07) is 7.64. The van der Waals surface area contributed by atoms with E-state index < -0.39 is 16.4 Å². The predicted octanol–water partition coefficient (Wildman–Crippen LogP) is 8.28. The Labute approximate surface area is 167 Å². The topological polar surface area (TPSA) is 9.23 Å². The third-order valence-electron chi connectivity index (χ3n) is 6.56. The first-order chi connectivity index (χ1) is 12.3. The van der Waals surface area contributed by atoms with Gasteiger partial charge in [0.25, 0.3) is 0 Å². The van der Waals surface area contributed by atoms with Crippen LogP contribution in [0.3, 0.4) is 0 Å². The largest absolute Gasteiger partial charge is 0.410 e. The Hall–Kier alpha value is -0.386. The lowest BCUT2D eigenvalue weighted by Gasteiger charge is -2.35. The van der Waals surface area contributed by atoms with E-state index in [4.69, 9.17) is 4.43 Å². The quantitative estimate of drug-likeness (QED) is 0.213. The lowest BCUT2D eigenvalue weighted by Crippen LogP contribution is -2.40. The van der Waals surface area contributed by atoms with Crippen LogP contribution in [-0.4, -0.2) is 22.5 Å². The molecule has 152 valence electrons. The molecule has 0 aromatic heterocycles. The van der Waals surface area contributed by atoms with E-state index in [1.54, 1.807) is 5.20 Å². The van der Waals surface area contributed by atoms with Crippen molar-refractivity contribution >= 4 is 16.4 Å². The zero-order valence-electron chi connectivity index (χ0n) is 19.1. The summed E-state index contributed by atoms with van der Waals surface area (Å²) in [5, 5.41) is 1.71. The molecule has 0 aromatic rings. The average Bonchev–Trinajstić information content (AvgIpc) is 2.65. The Kier molecular flexibility index (Phi) is 12.7. The maximum absolute atomic E-state index is 6.88. The van der Waals surface area contributed by atoms with E-state index in [1.165, 1.54) is 41.8 Å². The minimum atomic E-state index is -1.61. The van der Waals surface area contributed by atoms with Crippen molar-refractivity contribution in [3.63, 3.8) is 0 Å². The fraction of sp³-hybridized carbons (Fsp3) is 0.739. The van der Waals surface area contributed by atoms with E-state index >= 15 is 0 Å². The van der Waals surface area contributed by atoms with Crippen LogP contribution in [0, 0.1) is 0 Å². The molecule has 0 radical (unpaired) electrons. The van der Waals surface area contributed by atoms with Gasteiger partial charge in [-0.2, -0.15) is 0 Å². The van der Waals surface area contributed by atoms with Gasteiger partial charge in [-0.05, 0) is 44.8 Å². The molecule has 3 heteroatoms. The first-order valence-electron chi connectivity index (χ1n) is 11.0. The molecule has 0 saturated carbocycles. The molecule has 0 rings (SSSR count). The third kappa shape index (κ3) is 7.32. The van der Waals surface area contributed by atoms with Crippen molar-refractivity contribution in [2.45, 2.75) is 111 Å². The monoisotopic (exact) mass is 394 g/mol. The number of rotatable bonds is 14. The number of hydrogen-bond donors (Lipinski definition) is 0. The van der Waals surface area contributed by atoms with E-state index in [2.05, 4.69) is 74.1 Å². The summed E-state index contributed by atoms with van der Waals surface area (Å²) >= 11 is 0. The fourth-order valence-electron chi connectivity index (χ4n) is 4.07. The summed E-state index contributed by atoms with van der Waals surface area (Å²) in [6.07, 6.45) is 9.29. The molecule has 1 nitrogen and oxygen atoms in total. The lowest BCUT2D eigenvalue weighted by atomic mass is 10.2. The molecule has 1 unspecified atom stereocenters. The summed E-state index contributed by atoms with van der Waals surface area (Å²) < 4.78 is 6.88. The van der Waals surface area contributed by atoms with Crippen molar-refractivity contribution in [1.29, 1.82) is 0 Å². The number of allylic oxidation sites excluding steroid dienone is 3. The standard InChI is InChI=1S/C23H46OSi2/c1-10-17-22(24-26(14-5,15-6)16-7)20-23(19-18-21(8)9)25(11-2,12-3)13-4/h10,18,20,22H,1,11-17,19H2,2-9H3/b23-20+. The summed E-state index contributed by atoms with van der Waals surface area (Å²) in [7, 11) is -3.01. The first kappa shape index (κ1) is 25.6. The van der Waals surface area contributed by atoms with E-state index in [9.17, 15) is 0 Å². The fourth-order valence-corrected chi connectivity index (χ4v) is 10.8. The normalized spacial score (nSPS) is 14.2. The van der Waals surface area contributed by atoms with Crippen LogP contribution in [0.25, 0.3) is 0 Å². The molecular formula is C23H46OSi2. The minimum absolute atomic E-state index is 0.219. The van der Waals surface area contributed by atoms with Crippen LogP contribution in [0.2, 0.25) is 36.3 Å². The first-order valence-corrected chi connectivity index (χ1v) is 16.1. The van der Waals surface area contributed by atoms with Gasteiger partial charge in [-0.1, -0.05) is 88.7 Å². The maximum Gasteiger partial charge on any atom is 0.192 e. The summed E-state index contributed by atoms with van der Waals surface area (Å²) in [6.45, 7) is 22.6. The molecule has 0 N–H and O–H groups in total. The van der Waals surface area contributed by atoms with Crippen LogP contribution in [0.4, 0.5) is 0 Å². The third-order valence-corrected chi connectivity index (χ3v) is 17.0. The Morgan fingerprint density at radius 1 is 0.885 bits per heavy atom. The second-order valence-corrected chi connectivity index (χ2v) is 18.0. The highest BCUT2D eigenvalue weighted by atomic mass is 28.4. The summed E-state index contributed by atoms with van der Waals surface area (Å²) in [5.74, 6) is 0. The van der Waals surface area contributed by atoms with Gasteiger partial charge in [0.05, 0.1) is 14.2 Å². The lowest BCUT2D eigenvalue weighted by molar-refractivity contribution is 0.235. The van der Waals surface area contributed by atoms with Gasteiger partial charge >= 0.3 is 0 Å². The van der Waals surface area contributed by atoms with Gasteiger partial charge in [-0.25, -0.2) is 0 Å². The van der Waals surface area contributed by atoms with Gasteiger partial charge in [-0.3, -0.25) is 0 Å². The molecule has 0 aliphatic rings. The number of hydrogen-bond acceptors (Lipinski definition) is 1. The molecule has 0 saturated heterocycles. The maximum atomic E-state index is 6.88. The van der Waals surface area contributed by atoms with Gasteiger partial charge < -0.3 is 4.43 Å². The van der Waals surface area contributed by atoms with Gasteiger partial charge in [0.2, 0.25) is 0 Å². The van der Waals surface area contributed by atoms with Crippen LogP contribution in [0.15, 0.2) is 35.6 Å². The second kappa shape index (κ2) is 12.9. The molecule has 0 fully saturated rings. The Morgan fingerprint density at radius 3 is 1.73 bits per heavy atom. The van der Waals surface area contributed by atoms with Crippen molar-refractivity contribution in [3.05, 3.63) is 35.6 Å². The highest BCUT2D eigenvalue weighted by Crippen LogP contribution is 2.33. The molecule has 0 aliphatic carbocycles. The molecule has 0 amide bonds. The molecule has 0 aromatic carbocycles. The van der Waals surface area contributed by atoms with Crippen LogP contribution in [0.5, 0.6) is 0 Å². The molecule has 0 aliphatic heterocycles. The average molecular weight is 395 g/mol. The van der Waals surface area contributed by atoms with Crippen molar-refractivity contribution in [2.75, 3.05) is 0 Å². The van der Waals surface area contributed by atoms with Crippen molar-refractivity contribution < 1.29 is 4.43 Å². The van der Waals surface area contributed by atoms with Crippen molar-refractivity contribution in [2.24, 2.45) is 0 Å². The van der Waals surface area contributed by atoms with E-state index in [0.29, 0.717) is 0 Å². The Balaban J connectivity index is 5.98. The van der Waals surface area contributed by atoms with Gasteiger partial charge in [0, 0.05) is 0 Å². The SMILES string of the molecule is C=CCC(/C=C(\CC=C(C)C)[Si](CC)(CC)CC)O[Si](CC)(CC)CC. The van der Waals surface area contributed by atoms with Crippen molar-refractivity contribution in [1.82, 2.24) is 0 Å². The Morgan fingerprint density at radius 2 is 1.38 bits per heavy atom. The smallest absolute Gasteiger partial charge is 0.192 e. The zero-order valence-corrected chi connectivity index (χ0v) is 21.1. The second-order valence-electron chi connectivity index (χ2n) is 7.94. The van der Waals surface area contributed by atoms with Gasteiger partial charge in [0.1, 0.15) is 0 Å². The summed E-state index contributed by atoms with van der Waals surface area (Å²) in [4.78, 5) is 0. The van der Waals surface area contributed by atoms with Crippen LogP contribution < -0.4 is 0 Å². The zero-order chi connectivity index (χ0) is 20.2. The molecule has 1 atom stereocenters. The van der Waals surface area contributed by atoms with Crippen molar-refractivity contribution in [3.8, 4) is 0 Å². The van der Waals surface area contributed by atoms with E-state index in [1.807, 2.05) is 6.08 Å². The molecule has 0 spiro atoms. The highest BCUT2D eigenvalue weighted by Gasteiger charge is 2.34. The van der Waals surface area contributed by atoms with Gasteiger partial charge in [-0.15, -0.1) is 6.58 Å². The summed E-state index contributed by atoms with van der Waals surface area (Å²) in [5.41, 5.74) is 1.42. The van der Waals surface area contributed by atoms with Gasteiger partial charge in [0.15, 0.2) is 8.32 Å². The predicted molar refractivity (Wildman–Crippen MR) is 126 cm³/mol. The minimum Gasteiger partial charge on any atom is -0.410 e. The van der Waals surface area contributed by atoms with E-state index in [0.717, 1.165) is 12.8 Å². The Bertz CT molecular complexity index is 436. The van der Waals surface area contributed by atoms with Crippen LogP contribution in [0.1, 0.15) is 68.2 Å². The molecule has 0 heterocycles. The molecule has 0 bridgehead atoms. The molecule has 26 heavy (non-hydrogen) atoms.